The summed E-state index contributed by atoms with van der Waals surface area (Å²) in [5.41, 5.74) is 3.65. The highest BCUT2D eigenvalue weighted by Gasteiger charge is 2.20. The lowest BCUT2D eigenvalue weighted by Gasteiger charge is -2.08. The fourth-order valence-corrected chi connectivity index (χ4v) is 4.92. The van der Waals surface area contributed by atoms with E-state index in [1.807, 2.05) is 11.6 Å². The molecule has 1 aromatic heterocycles. The lowest BCUT2D eigenvalue weighted by atomic mass is 10.1. The molecule has 7 heteroatoms. The highest BCUT2D eigenvalue weighted by molar-refractivity contribution is 7.92. The molecule has 0 aliphatic heterocycles. The third-order valence-corrected chi connectivity index (χ3v) is 7.90. The van der Waals surface area contributed by atoms with Crippen molar-refractivity contribution in [2.24, 2.45) is 12.0 Å². The van der Waals surface area contributed by atoms with E-state index in [0.29, 0.717) is 4.80 Å². The molecule has 1 amide bonds. The van der Waals surface area contributed by atoms with E-state index < -0.39 is 21.0 Å². The van der Waals surface area contributed by atoms with Crippen LogP contribution in [0.4, 0.5) is 0 Å². The van der Waals surface area contributed by atoms with Crippen LogP contribution >= 0.6 is 11.3 Å². The normalized spacial score (nSPS) is 12.9. The van der Waals surface area contributed by atoms with Gasteiger partial charge < -0.3 is 4.57 Å². The Labute approximate surface area is 162 Å². The Morgan fingerprint density at radius 3 is 2.44 bits per heavy atom. The lowest BCUT2D eigenvalue weighted by molar-refractivity contribution is 0.0997. The first-order valence-corrected chi connectivity index (χ1v) is 11.0. The number of aromatic nitrogens is 1. The molecule has 0 saturated heterocycles. The van der Waals surface area contributed by atoms with Crippen LogP contribution in [-0.4, -0.2) is 24.1 Å². The number of fused-ring (bicyclic) bond motifs is 1. The zero-order chi connectivity index (χ0) is 19.9. The van der Waals surface area contributed by atoms with Gasteiger partial charge in [0.1, 0.15) is 0 Å². The number of amides is 1. The fourth-order valence-electron chi connectivity index (χ4n) is 2.72. The quantitative estimate of drug-likeness (QED) is 0.669. The molecule has 1 heterocycles. The Bertz CT molecular complexity index is 1220. The molecule has 0 radical (unpaired) electrons. The van der Waals surface area contributed by atoms with Gasteiger partial charge >= 0.3 is 0 Å². The number of carbonyl (C=O) groups excluding carboxylic acids is 1. The molecular weight excluding hydrogens is 380 g/mol. The van der Waals surface area contributed by atoms with Gasteiger partial charge in [0.05, 0.1) is 20.4 Å². The van der Waals surface area contributed by atoms with Crippen LogP contribution in [0.15, 0.2) is 46.3 Å². The van der Waals surface area contributed by atoms with E-state index in [9.17, 15) is 13.2 Å². The van der Waals surface area contributed by atoms with Gasteiger partial charge in [-0.15, -0.1) is 0 Å². The van der Waals surface area contributed by atoms with E-state index in [2.05, 4.69) is 31.0 Å². The molecule has 0 N–H and O–H groups in total. The van der Waals surface area contributed by atoms with Gasteiger partial charge in [-0.25, -0.2) is 8.42 Å². The van der Waals surface area contributed by atoms with E-state index in [0.717, 1.165) is 10.2 Å². The van der Waals surface area contributed by atoms with Gasteiger partial charge in [-0.2, -0.15) is 4.99 Å². The summed E-state index contributed by atoms with van der Waals surface area (Å²) in [6.45, 7) is 7.34. The summed E-state index contributed by atoms with van der Waals surface area (Å²) >= 11 is 1.44. The molecule has 0 aliphatic carbocycles. The maximum atomic E-state index is 12.7. The Morgan fingerprint density at radius 2 is 1.78 bits per heavy atom. The third-order valence-electron chi connectivity index (χ3n) is 4.65. The second-order valence-corrected chi connectivity index (χ2v) is 10.4. The highest BCUT2D eigenvalue weighted by atomic mass is 32.2. The van der Waals surface area contributed by atoms with Crippen molar-refractivity contribution in [3.63, 3.8) is 0 Å². The van der Waals surface area contributed by atoms with Crippen LogP contribution < -0.4 is 4.80 Å². The van der Waals surface area contributed by atoms with E-state index in [1.54, 1.807) is 26.0 Å². The van der Waals surface area contributed by atoms with Gasteiger partial charge in [0.15, 0.2) is 14.6 Å². The van der Waals surface area contributed by atoms with Crippen LogP contribution in [0, 0.1) is 13.8 Å². The van der Waals surface area contributed by atoms with E-state index in [-0.39, 0.29) is 10.5 Å². The zero-order valence-corrected chi connectivity index (χ0v) is 17.6. The maximum absolute atomic E-state index is 12.7. The van der Waals surface area contributed by atoms with Crippen LogP contribution in [0.2, 0.25) is 0 Å². The smallest absolute Gasteiger partial charge is 0.279 e. The minimum atomic E-state index is -3.44. The van der Waals surface area contributed by atoms with Gasteiger partial charge in [-0.05, 0) is 69.2 Å². The number of aryl methyl sites for hydroxylation is 3. The summed E-state index contributed by atoms with van der Waals surface area (Å²) in [5, 5.41) is -0.549. The van der Waals surface area contributed by atoms with Crippen LogP contribution in [0.25, 0.3) is 10.2 Å². The summed E-state index contributed by atoms with van der Waals surface area (Å²) in [7, 11) is -1.57. The molecule has 5 nitrogen and oxygen atoms in total. The average Bonchev–Trinajstić information content (AvgIpc) is 2.90. The minimum Gasteiger partial charge on any atom is -0.319 e. The molecule has 0 spiro atoms. The SMILES string of the molecule is Cc1cc2sc(=NC(=O)c3cccc(S(=O)(=O)C(C)C)c3)n(C)c2cc1C. The summed E-state index contributed by atoms with van der Waals surface area (Å²) in [6, 6.07) is 10.3. The van der Waals surface area contributed by atoms with Gasteiger partial charge in [0.25, 0.3) is 5.91 Å². The standard InChI is InChI=1S/C20H22N2O3S2/c1-12(2)27(24,25)16-8-6-7-15(11-16)19(23)21-20-22(5)17-9-13(3)14(4)10-18(17)26-20/h6-12H,1-5H3. The molecule has 3 aromatic rings. The molecule has 142 valence electrons. The van der Waals surface area contributed by atoms with Crippen molar-refractivity contribution >= 4 is 37.3 Å². The molecular formula is C20H22N2O3S2. The first-order valence-electron chi connectivity index (χ1n) is 8.61. The number of thiazole rings is 1. The van der Waals surface area contributed by atoms with Crippen LogP contribution in [-0.2, 0) is 16.9 Å². The maximum Gasteiger partial charge on any atom is 0.279 e. The Morgan fingerprint density at radius 1 is 1.11 bits per heavy atom. The summed E-state index contributed by atoms with van der Waals surface area (Å²) in [5.74, 6) is -0.452. The second-order valence-electron chi connectivity index (χ2n) is 6.89. The Kier molecular flexibility index (Phi) is 5.10. The van der Waals surface area contributed by atoms with Gasteiger partial charge in [0.2, 0.25) is 0 Å². The zero-order valence-electron chi connectivity index (χ0n) is 16.0. The first-order chi connectivity index (χ1) is 12.6. The molecule has 0 unspecified atom stereocenters. The average molecular weight is 403 g/mol. The monoisotopic (exact) mass is 402 g/mol. The predicted molar refractivity (Wildman–Crippen MR) is 109 cm³/mol. The van der Waals surface area contributed by atoms with Crippen molar-refractivity contribution in [3.8, 4) is 0 Å². The van der Waals surface area contributed by atoms with Crippen molar-refractivity contribution in [1.29, 1.82) is 0 Å². The van der Waals surface area contributed by atoms with Crippen molar-refractivity contribution in [1.82, 2.24) is 4.57 Å². The fraction of sp³-hybridized carbons (Fsp3) is 0.300. The van der Waals surface area contributed by atoms with Crippen molar-refractivity contribution in [2.75, 3.05) is 0 Å². The molecule has 0 fully saturated rings. The molecule has 27 heavy (non-hydrogen) atoms. The van der Waals surface area contributed by atoms with Crippen LogP contribution in [0.5, 0.6) is 0 Å². The van der Waals surface area contributed by atoms with Crippen molar-refractivity contribution in [3.05, 3.63) is 57.9 Å². The van der Waals surface area contributed by atoms with Crippen molar-refractivity contribution in [2.45, 2.75) is 37.8 Å². The first kappa shape index (κ1) is 19.5. The van der Waals surface area contributed by atoms with E-state index >= 15 is 0 Å². The molecule has 0 saturated carbocycles. The largest absolute Gasteiger partial charge is 0.319 e. The number of rotatable bonds is 3. The number of benzene rings is 2. The summed E-state index contributed by atoms with van der Waals surface area (Å²) in [4.78, 5) is 17.6. The predicted octanol–water partition coefficient (Wildman–Crippen LogP) is 3.78. The summed E-state index contributed by atoms with van der Waals surface area (Å²) in [6.07, 6.45) is 0. The molecule has 0 aliphatic rings. The highest BCUT2D eigenvalue weighted by Crippen LogP contribution is 2.21. The number of nitrogens with zero attached hydrogens (tertiary/aromatic N) is 2. The topological polar surface area (TPSA) is 68.5 Å². The Hall–Kier alpha value is -2.25. The van der Waals surface area contributed by atoms with Crippen LogP contribution in [0.3, 0.4) is 0 Å². The molecule has 0 atom stereocenters. The molecule has 3 rings (SSSR count). The summed E-state index contributed by atoms with van der Waals surface area (Å²) < 4.78 is 27.7. The van der Waals surface area contributed by atoms with Crippen molar-refractivity contribution < 1.29 is 13.2 Å². The van der Waals surface area contributed by atoms with Gasteiger partial charge in [-0.3, -0.25) is 4.79 Å². The number of hydrogen-bond acceptors (Lipinski definition) is 4. The molecule has 2 aromatic carbocycles. The minimum absolute atomic E-state index is 0.144. The third kappa shape index (κ3) is 3.61. The number of carbonyl (C=O) groups is 1. The van der Waals surface area contributed by atoms with Gasteiger partial charge in [0, 0.05) is 12.6 Å². The van der Waals surface area contributed by atoms with Gasteiger partial charge in [-0.1, -0.05) is 17.4 Å². The van der Waals surface area contributed by atoms with Crippen LogP contribution in [0.1, 0.15) is 35.3 Å². The van der Waals surface area contributed by atoms with E-state index in [4.69, 9.17) is 0 Å². The molecule has 0 bridgehead atoms. The second kappa shape index (κ2) is 7.05. The Balaban J connectivity index is 2.08. The number of hydrogen-bond donors (Lipinski definition) is 0. The number of sulfone groups is 1. The van der Waals surface area contributed by atoms with E-state index in [1.165, 1.54) is 34.6 Å². The lowest BCUT2D eigenvalue weighted by Crippen LogP contribution is -2.15.